The van der Waals surface area contributed by atoms with Crippen molar-refractivity contribution in [1.82, 2.24) is 4.13 Å². The highest BCUT2D eigenvalue weighted by Gasteiger charge is 2.38. The van der Waals surface area contributed by atoms with Crippen molar-refractivity contribution in [2.75, 3.05) is 0 Å². The summed E-state index contributed by atoms with van der Waals surface area (Å²) in [5, 5.41) is 0. The molecule has 0 saturated carbocycles. The Hall–Kier alpha value is -0.140. The second kappa shape index (κ2) is 3.71. The molecule has 0 unspecified atom stereocenters. The van der Waals surface area contributed by atoms with Gasteiger partial charge in [0, 0.05) is 0 Å². The zero-order chi connectivity index (χ0) is 12.7. The molecule has 0 fully saturated rings. The molecule has 0 aliphatic heterocycles. The molecule has 5 nitrogen and oxygen atoms in total. The molecule has 0 atom stereocenters. The van der Waals surface area contributed by atoms with E-state index in [2.05, 4.69) is 0 Å². The van der Waals surface area contributed by atoms with E-state index < -0.39 is 29.5 Å². The van der Waals surface area contributed by atoms with Gasteiger partial charge in [-0.2, -0.15) is 0 Å². The molecule has 92 valence electrons. The highest BCUT2D eigenvalue weighted by Crippen LogP contribution is 2.19. The second-order valence-electron chi connectivity index (χ2n) is 5.31. The van der Waals surface area contributed by atoms with E-state index >= 15 is 0 Å². The van der Waals surface area contributed by atoms with Crippen LogP contribution in [0.3, 0.4) is 0 Å². The van der Waals surface area contributed by atoms with Gasteiger partial charge >= 0.3 is 0 Å². The van der Waals surface area contributed by atoms with E-state index in [0.717, 1.165) is 0 Å². The first-order chi connectivity index (χ1) is 6.21. The van der Waals surface area contributed by atoms with Crippen molar-refractivity contribution in [2.24, 2.45) is 0 Å². The Morgan fingerprint density at radius 3 is 1.00 bits per heavy atom. The molecule has 0 saturated heterocycles. The van der Waals surface area contributed by atoms with Gasteiger partial charge in [0.2, 0.25) is 20.0 Å². The van der Waals surface area contributed by atoms with Gasteiger partial charge in [0.15, 0.2) is 0 Å². The predicted octanol–water partition coefficient (Wildman–Crippen LogP) is 0.833. The molecule has 0 aromatic heterocycles. The Balaban J connectivity index is 5.28. The number of hydrogen-bond donors (Lipinski definition) is 1. The molecule has 0 rings (SSSR count). The summed E-state index contributed by atoms with van der Waals surface area (Å²) < 4.78 is 46.0. The topological polar surface area (TPSA) is 80.3 Å². The Morgan fingerprint density at radius 2 is 0.867 bits per heavy atom. The lowest BCUT2D eigenvalue weighted by molar-refractivity contribution is 0.537. The molecule has 0 heterocycles. The molecule has 0 aromatic carbocycles. The van der Waals surface area contributed by atoms with Gasteiger partial charge in [-0.15, -0.1) is 4.13 Å². The summed E-state index contributed by atoms with van der Waals surface area (Å²) in [4.78, 5) is 0. The number of rotatable bonds is 2. The lowest BCUT2D eigenvalue weighted by Gasteiger charge is -2.24. The van der Waals surface area contributed by atoms with Gasteiger partial charge < -0.3 is 0 Å². The van der Waals surface area contributed by atoms with Crippen LogP contribution in [-0.2, 0) is 20.0 Å². The van der Waals surface area contributed by atoms with Crippen molar-refractivity contribution in [3.63, 3.8) is 0 Å². The number of sulfonamides is 2. The Bertz CT molecular complexity index is 378. The van der Waals surface area contributed by atoms with Crippen LogP contribution in [-0.4, -0.2) is 26.3 Å². The van der Waals surface area contributed by atoms with Gasteiger partial charge in [-0.25, -0.2) is 16.8 Å². The lowest BCUT2D eigenvalue weighted by Crippen LogP contribution is -2.48. The van der Waals surface area contributed by atoms with E-state index in [4.69, 9.17) is 0 Å². The fraction of sp³-hybridized carbons (Fsp3) is 1.00. The Kier molecular flexibility index (Phi) is 3.67. The average Bonchev–Trinajstić information content (AvgIpc) is 1.77. The SMILES string of the molecule is CC(C)(C)S(=O)(=O)NS(=O)(=O)C(C)(C)C. The molecule has 0 aromatic rings. The molecule has 1 N–H and O–H groups in total. The maximum atomic E-state index is 11.6. The van der Waals surface area contributed by atoms with Crippen molar-refractivity contribution in [2.45, 2.75) is 51.0 Å². The molecule has 0 bridgehead atoms. The summed E-state index contributed by atoms with van der Waals surface area (Å²) in [5.74, 6) is 0. The van der Waals surface area contributed by atoms with E-state index in [1.807, 2.05) is 0 Å². The van der Waals surface area contributed by atoms with Crippen LogP contribution in [0.4, 0.5) is 0 Å². The van der Waals surface area contributed by atoms with Crippen LogP contribution in [0, 0.1) is 0 Å². The van der Waals surface area contributed by atoms with Gasteiger partial charge in [-0.05, 0) is 41.5 Å². The van der Waals surface area contributed by atoms with E-state index in [-0.39, 0.29) is 0 Å². The second-order valence-corrected chi connectivity index (χ2v) is 10.4. The Labute approximate surface area is 92.4 Å². The third-order valence-electron chi connectivity index (χ3n) is 1.83. The molecule has 0 amide bonds. The minimum Gasteiger partial charge on any atom is -0.211 e. The van der Waals surface area contributed by atoms with E-state index in [9.17, 15) is 16.8 Å². The first-order valence-corrected chi connectivity index (χ1v) is 7.45. The average molecular weight is 257 g/mol. The van der Waals surface area contributed by atoms with Crippen LogP contribution < -0.4 is 4.13 Å². The van der Waals surface area contributed by atoms with Crippen molar-refractivity contribution in [3.05, 3.63) is 0 Å². The van der Waals surface area contributed by atoms with E-state index in [0.29, 0.717) is 0 Å². The van der Waals surface area contributed by atoms with Crippen LogP contribution in [0.25, 0.3) is 0 Å². The van der Waals surface area contributed by atoms with Crippen molar-refractivity contribution in [1.29, 1.82) is 0 Å². The molecule has 15 heavy (non-hydrogen) atoms. The molecule has 0 aliphatic carbocycles. The molecule has 0 aliphatic rings. The lowest BCUT2D eigenvalue weighted by atomic mass is 10.3. The fourth-order valence-corrected chi connectivity index (χ4v) is 3.55. The van der Waals surface area contributed by atoms with Gasteiger partial charge in [0.25, 0.3) is 0 Å². The minimum absolute atomic E-state index is 1.15. The fourth-order valence-electron chi connectivity index (χ4n) is 0.394. The first kappa shape index (κ1) is 14.9. The maximum Gasteiger partial charge on any atom is 0.229 e. The summed E-state index contributed by atoms with van der Waals surface area (Å²) in [6.07, 6.45) is 0. The highest BCUT2D eigenvalue weighted by molar-refractivity contribution is 8.05. The van der Waals surface area contributed by atoms with Crippen molar-refractivity contribution < 1.29 is 16.8 Å². The van der Waals surface area contributed by atoms with Gasteiger partial charge in [-0.3, -0.25) is 0 Å². The zero-order valence-corrected chi connectivity index (χ0v) is 11.6. The molecular formula is C8H19NO4S2. The van der Waals surface area contributed by atoms with Crippen LogP contribution in [0.5, 0.6) is 0 Å². The van der Waals surface area contributed by atoms with E-state index in [1.54, 1.807) is 4.13 Å². The molecule has 0 spiro atoms. The monoisotopic (exact) mass is 257 g/mol. The first-order valence-electron chi connectivity index (χ1n) is 4.48. The summed E-state index contributed by atoms with van der Waals surface area (Å²) in [7, 11) is -7.75. The standard InChI is InChI=1S/C8H19NO4S2/c1-7(2,3)14(10,11)9-15(12,13)8(4,5)6/h9H,1-6H3. The Morgan fingerprint density at radius 1 is 0.667 bits per heavy atom. The normalized spacial score (nSPS) is 15.3. The van der Waals surface area contributed by atoms with Crippen LogP contribution in [0.15, 0.2) is 0 Å². The van der Waals surface area contributed by atoms with Gasteiger partial charge in [0.05, 0.1) is 9.49 Å². The predicted molar refractivity (Wildman–Crippen MR) is 60.5 cm³/mol. The third-order valence-corrected chi connectivity index (χ3v) is 6.81. The van der Waals surface area contributed by atoms with Gasteiger partial charge in [-0.1, -0.05) is 0 Å². The summed E-state index contributed by atoms with van der Waals surface area (Å²) >= 11 is 0. The van der Waals surface area contributed by atoms with Gasteiger partial charge in [0.1, 0.15) is 0 Å². The van der Waals surface area contributed by atoms with Crippen LogP contribution in [0.2, 0.25) is 0 Å². The minimum atomic E-state index is -3.88. The molecular weight excluding hydrogens is 238 g/mol. The smallest absolute Gasteiger partial charge is 0.211 e. The number of nitrogens with one attached hydrogen (secondary N) is 1. The van der Waals surface area contributed by atoms with Crippen LogP contribution >= 0.6 is 0 Å². The summed E-state index contributed by atoms with van der Waals surface area (Å²) in [6.45, 7) is 8.63. The van der Waals surface area contributed by atoms with E-state index in [1.165, 1.54) is 41.5 Å². The molecule has 0 radical (unpaired) electrons. The maximum absolute atomic E-state index is 11.6. The summed E-state index contributed by atoms with van der Waals surface area (Å²) in [5.41, 5.74) is 0. The molecule has 7 heteroatoms. The van der Waals surface area contributed by atoms with Crippen molar-refractivity contribution in [3.8, 4) is 0 Å². The van der Waals surface area contributed by atoms with Crippen LogP contribution in [0.1, 0.15) is 41.5 Å². The quantitative estimate of drug-likeness (QED) is 0.794. The number of hydrogen-bond acceptors (Lipinski definition) is 4. The third kappa shape index (κ3) is 3.42. The summed E-state index contributed by atoms with van der Waals surface area (Å²) in [6, 6.07) is 0. The zero-order valence-electron chi connectivity index (χ0n) is 9.95. The largest absolute Gasteiger partial charge is 0.229 e. The highest BCUT2D eigenvalue weighted by atomic mass is 32.3. The van der Waals surface area contributed by atoms with Crippen molar-refractivity contribution >= 4 is 20.0 Å².